The second kappa shape index (κ2) is 10.5. The lowest BCUT2D eigenvalue weighted by molar-refractivity contribution is -0.138. The van der Waals surface area contributed by atoms with Crippen molar-refractivity contribution < 1.29 is 14.4 Å². The number of nitrogens with zero attached hydrogens (tertiary/aromatic N) is 2. The highest BCUT2D eigenvalue weighted by molar-refractivity contribution is 5.97. The maximum absolute atomic E-state index is 13.5. The average Bonchev–Trinajstić information content (AvgIpc) is 3.38. The molecule has 0 bridgehead atoms. The Hall–Kier alpha value is -2.37. The minimum absolute atomic E-state index is 0.0470. The number of hydrogen-bond acceptors (Lipinski definition) is 3. The zero-order chi connectivity index (χ0) is 22.5. The van der Waals surface area contributed by atoms with Crippen molar-refractivity contribution >= 4 is 17.7 Å². The van der Waals surface area contributed by atoms with Gasteiger partial charge < -0.3 is 15.1 Å². The van der Waals surface area contributed by atoms with Gasteiger partial charge in [-0.3, -0.25) is 14.4 Å². The van der Waals surface area contributed by atoms with Gasteiger partial charge in [0.15, 0.2) is 0 Å². The molecule has 1 aromatic carbocycles. The van der Waals surface area contributed by atoms with Crippen molar-refractivity contribution in [2.45, 2.75) is 70.8 Å². The minimum Gasteiger partial charge on any atom is -0.342 e. The summed E-state index contributed by atoms with van der Waals surface area (Å²) in [6, 6.07) is 6.95. The van der Waals surface area contributed by atoms with Crippen LogP contribution in [0.3, 0.4) is 0 Å². The third-order valence-corrected chi connectivity index (χ3v) is 7.56. The quantitative estimate of drug-likeness (QED) is 0.763. The van der Waals surface area contributed by atoms with Crippen molar-refractivity contribution in [3.8, 4) is 0 Å². The Morgan fingerprint density at radius 3 is 2.06 bits per heavy atom. The van der Waals surface area contributed by atoms with Gasteiger partial charge >= 0.3 is 0 Å². The van der Waals surface area contributed by atoms with Gasteiger partial charge in [0.25, 0.3) is 5.91 Å². The van der Waals surface area contributed by atoms with E-state index in [1.807, 2.05) is 41.0 Å². The number of amides is 3. The highest BCUT2D eigenvalue weighted by Crippen LogP contribution is 2.30. The van der Waals surface area contributed by atoms with Crippen molar-refractivity contribution in [2.24, 2.45) is 11.8 Å². The van der Waals surface area contributed by atoms with Gasteiger partial charge in [-0.2, -0.15) is 0 Å². The molecule has 6 nitrogen and oxygen atoms in total. The average molecular weight is 440 g/mol. The van der Waals surface area contributed by atoms with Crippen LogP contribution in [-0.2, 0) is 9.59 Å². The molecule has 1 aromatic rings. The largest absolute Gasteiger partial charge is 0.342 e. The maximum atomic E-state index is 13.5. The first-order valence-corrected chi connectivity index (χ1v) is 12.5. The molecule has 32 heavy (non-hydrogen) atoms. The molecule has 3 amide bonds. The molecule has 1 N–H and O–H groups in total. The van der Waals surface area contributed by atoms with E-state index in [4.69, 9.17) is 0 Å². The zero-order valence-corrected chi connectivity index (χ0v) is 19.4. The van der Waals surface area contributed by atoms with Crippen molar-refractivity contribution in [2.75, 3.05) is 26.2 Å². The Bertz CT molecular complexity index is 802. The van der Waals surface area contributed by atoms with Crippen molar-refractivity contribution in [1.82, 2.24) is 15.1 Å². The van der Waals surface area contributed by atoms with Gasteiger partial charge in [0.05, 0.1) is 0 Å². The molecule has 0 radical (unpaired) electrons. The lowest BCUT2D eigenvalue weighted by Crippen LogP contribution is -2.55. The zero-order valence-electron chi connectivity index (χ0n) is 19.4. The third-order valence-electron chi connectivity index (χ3n) is 7.56. The molecule has 2 saturated heterocycles. The van der Waals surface area contributed by atoms with Crippen LogP contribution in [0.15, 0.2) is 24.3 Å². The van der Waals surface area contributed by atoms with Crippen molar-refractivity contribution in [3.05, 3.63) is 35.4 Å². The van der Waals surface area contributed by atoms with Gasteiger partial charge in [-0.1, -0.05) is 30.5 Å². The predicted molar refractivity (Wildman–Crippen MR) is 124 cm³/mol. The van der Waals surface area contributed by atoms with Crippen LogP contribution in [0.1, 0.15) is 73.7 Å². The van der Waals surface area contributed by atoms with Crippen LogP contribution < -0.4 is 5.32 Å². The molecule has 1 aliphatic carbocycles. The molecular formula is C26H37N3O3. The predicted octanol–water partition coefficient (Wildman–Crippen LogP) is 3.53. The van der Waals surface area contributed by atoms with E-state index in [0.717, 1.165) is 76.4 Å². The molecule has 1 saturated carbocycles. The summed E-state index contributed by atoms with van der Waals surface area (Å²) in [5.74, 6) is 0.407. The van der Waals surface area contributed by atoms with E-state index < -0.39 is 6.04 Å². The van der Waals surface area contributed by atoms with Crippen LogP contribution in [0, 0.1) is 18.8 Å². The number of carbonyl (C=O) groups excluding carboxylic acids is 3. The fourth-order valence-electron chi connectivity index (χ4n) is 5.51. The smallest absolute Gasteiger partial charge is 0.251 e. The lowest BCUT2D eigenvalue weighted by atomic mass is 9.87. The van der Waals surface area contributed by atoms with E-state index in [9.17, 15) is 14.4 Å². The molecule has 6 heteroatoms. The second-order valence-electron chi connectivity index (χ2n) is 9.85. The lowest BCUT2D eigenvalue weighted by Gasteiger charge is -2.39. The number of piperidine rings is 2. The van der Waals surface area contributed by atoms with E-state index in [0.29, 0.717) is 24.6 Å². The summed E-state index contributed by atoms with van der Waals surface area (Å²) in [6.45, 7) is 4.91. The number of benzene rings is 1. The Kier molecular flexibility index (Phi) is 7.48. The van der Waals surface area contributed by atoms with Gasteiger partial charge in [-0.15, -0.1) is 0 Å². The molecule has 2 heterocycles. The number of likely N-dealkylation sites (tertiary alicyclic amines) is 2. The summed E-state index contributed by atoms with van der Waals surface area (Å²) < 4.78 is 0. The Balaban J connectivity index is 1.43. The van der Waals surface area contributed by atoms with E-state index in [1.165, 1.54) is 0 Å². The summed E-state index contributed by atoms with van der Waals surface area (Å²) in [5, 5.41) is 3.09. The van der Waals surface area contributed by atoms with Gasteiger partial charge in [-0.05, 0) is 69.9 Å². The standard InChI is InChI=1S/C26H37N3O3/c1-19-9-11-21(12-10-19)24(30)27-23(26(32)28-15-5-2-6-16-28)20-13-17-29(18-14-20)25(31)22-7-3-4-8-22/h9-12,20,22-23H,2-8,13-18H2,1H3,(H,27,30)/t23-/m0/s1. The minimum atomic E-state index is -0.523. The highest BCUT2D eigenvalue weighted by Gasteiger charge is 2.37. The first-order chi connectivity index (χ1) is 15.5. The second-order valence-corrected chi connectivity index (χ2v) is 9.85. The van der Waals surface area contributed by atoms with E-state index >= 15 is 0 Å². The number of carbonyl (C=O) groups is 3. The summed E-state index contributed by atoms with van der Waals surface area (Å²) in [5.41, 5.74) is 1.68. The molecule has 2 aliphatic heterocycles. The SMILES string of the molecule is Cc1ccc(C(=O)N[C@H](C(=O)N2CCCCC2)C2CCN(C(=O)C3CCCC3)CC2)cc1. The van der Waals surface area contributed by atoms with E-state index in [1.54, 1.807) is 0 Å². The summed E-state index contributed by atoms with van der Waals surface area (Å²) in [6.07, 6.45) is 9.08. The van der Waals surface area contributed by atoms with Gasteiger partial charge in [0.1, 0.15) is 6.04 Å². The molecule has 3 fully saturated rings. The molecule has 3 aliphatic rings. The van der Waals surface area contributed by atoms with Crippen molar-refractivity contribution in [3.63, 3.8) is 0 Å². The Labute approximate surface area is 191 Å². The van der Waals surface area contributed by atoms with Gasteiger partial charge in [0.2, 0.25) is 11.8 Å². The van der Waals surface area contributed by atoms with Crippen LogP contribution in [-0.4, -0.2) is 59.7 Å². The van der Waals surface area contributed by atoms with Gasteiger partial charge in [0, 0.05) is 37.7 Å². The van der Waals surface area contributed by atoms with Crippen LogP contribution >= 0.6 is 0 Å². The van der Waals surface area contributed by atoms with Gasteiger partial charge in [-0.25, -0.2) is 0 Å². The number of rotatable bonds is 5. The third kappa shape index (κ3) is 5.33. The first-order valence-electron chi connectivity index (χ1n) is 12.5. The molecule has 4 rings (SSSR count). The maximum Gasteiger partial charge on any atom is 0.251 e. The molecule has 1 atom stereocenters. The number of hydrogen-bond donors (Lipinski definition) is 1. The van der Waals surface area contributed by atoms with Crippen molar-refractivity contribution in [1.29, 1.82) is 0 Å². The number of nitrogens with one attached hydrogen (secondary N) is 1. The molecule has 0 unspecified atom stereocenters. The summed E-state index contributed by atoms with van der Waals surface area (Å²) >= 11 is 0. The normalized spacial score (nSPS) is 21.4. The van der Waals surface area contributed by atoms with E-state index in [2.05, 4.69) is 5.32 Å². The van der Waals surface area contributed by atoms with E-state index in [-0.39, 0.29) is 23.7 Å². The molecule has 174 valence electrons. The first kappa shape index (κ1) is 22.8. The van der Waals surface area contributed by atoms with Crippen LogP contribution in [0.25, 0.3) is 0 Å². The number of aryl methyl sites for hydroxylation is 1. The Morgan fingerprint density at radius 2 is 1.44 bits per heavy atom. The fourth-order valence-corrected chi connectivity index (χ4v) is 5.51. The fraction of sp³-hybridized carbons (Fsp3) is 0.654. The molecule has 0 spiro atoms. The molecule has 0 aromatic heterocycles. The highest BCUT2D eigenvalue weighted by atomic mass is 16.2. The summed E-state index contributed by atoms with van der Waals surface area (Å²) in [7, 11) is 0. The Morgan fingerprint density at radius 1 is 0.812 bits per heavy atom. The van der Waals surface area contributed by atoms with Crippen LogP contribution in [0.5, 0.6) is 0 Å². The molecular weight excluding hydrogens is 402 g/mol. The van der Waals surface area contributed by atoms with Crippen LogP contribution in [0.4, 0.5) is 0 Å². The van der Waals surface area contributed by atoms with Crippen LogP contribution in [0.2, 0.25) is 0 Å². The monoisotopic (exact) mass is 439 g/mol. The topological polar surface area (TPSA) is 69.7 Å². The summed E-state index contributed by atoms with van der Waals surface area (Å²) in [4.78, 5) is 43.2.